The minimum atomic E-state index is -5.17. The second-order valence-corrected chi connectivity index (χ2v) is 1.22. The molecule has 0 amide bonds. The van der Waals surface area contributed by atoms with Crippen molar-refractivity contribution in [2.45, 2.75) is 0 Å². The molecule has 8 heteroatoms. The Labute approximate surface area is 70.1 Å². The first-order valence-electron chi connectivity index (χ1n) is 0.781. The van der Waals surface area contributed by atoms with Gasteiger partial charge in [0.2, 0.25) is 0 Å². The van der Waals surface area contributed by atoms with Crippen LogP contribution in [0.25, 0.3) is 0 Å². The van der Waals surface area contributed by atoms with E-state index in [1.165, 1.54) is 0 Å². The largest absolute Gasteiger partial charge is 2.00 e. The van der Waals surface area contributed by atoms with E-state index in [0.717, 1.165) is 0 Å². The third-order valence-corrected chi connectivity index (χ3v) is 0. The Morgan fingerprint density at radius 2 is 1.25 bits per heavy atom. The molecule has 0 saturated heterocycles. The zero-order valence-corrected chi connectivity index (χ0v) is 6.48. The van der Waals surface area contributed by atoms with Crippen molar-refractivity contribution < 1.29 is 49.7 Å². The topological polar surface area (TPSA) is 80.3 Å². The van der Waals surface area contributed by atoms with Gasteiger partial charge in [0.05, 0.1) is 0 Å². The quantitative estimate of drug-likeness (QED) is 0.328. The Morgan fingerprint density at radius 1 is 1.25 bits per heavy atom. The predicted molar refractivity (Wildman–Crippen MR) is 16.3 cm³/mol. The van der Waals surface area contributed by atoms with Crippen LogP contribution >= 0.6 is 10.1 Å². The van der Waals surface area contributed by atoms with Crippen molar-refractivity contribution in [1.29, 1.82) is 0 Å². The van der Waals surface area contributed by atoms with Gasteiger partial charge in [-0.2, -0.15) is 0 Å². The van der Waals surface area contributed by atoms with Crippen molar-refractivity contribution in [2.24, 2.45) is 0 Å². The van der Waals surface area contributed by atoms with Crippen LogP contribution in [-0.4, -0.2) is 17.5 Å². The fourth-order valence-electron chi connectivity index (χ4n) is 0. The number of hydrogen-bond donors (Lipinski definition) is 0. The summed E-state index contributed by atoms with van der Waals surface area (Å²) in [6.07, 6.45) is 0. The second kappa shape index (κ2) is 8.20. The van der Waals surface area contributed by atoms with Crippen LogP contribution in [0.2, 0.25) is 0 Å². The van der Waals surface area contributed by atoms with E-state index in [-0.39, 0.29) is 17.1 Å². The normalized spacial score (nSPS) is 8.12. The van der Waals surface area contributed by atoms with E-state index in [0.29, 0.717) is 0 Å². The van der Waals surface area contributed by atoms with Gasteiger partial charge < -0.3 is 9.11 Å². The summed E-state index contributed by atoms with van der Waals surface area (Å²) in [5, 5.41) is 0. The van der Waals surface area contributed by atoms with Crippen LogP contribution in [0.15, 0.2) is 0 Å². The van der Waals surface area contributed by atoms with Gasteiger partial charge in [0.25, 0.3) is 0 Å². The predicted octanol–water partition coefficient (Wildman–Crippen LogP) is -0.653. The van der Waals surface area contributed by atoms with Gasteiger partial charge in [-0.05, 0) is 0 Å². The fraction of sp³-hybridized carbons (Fsp3) is 0. The molecule has 0 unspecified atom stereocenters. The van der Waals surface area contributed by atoms with E-state index in [1.54, 1.807) is 0 Å². The van der Waals surface area contributed by atoms with Crippen molar-refractivity contribution in [3.63, 3.8) is 0 Å². The van der Waals surface area contributed by atoms with Crippen molar-refractivity contribution in [1.82, 2.24) is 0 Å². The van der Waals surface area contributed by atoms with Gasteiger partial charge in [-0.3, -0.25) is 8.42 Å². The summed E-state index contributed by atoms with van der Waals surface area (Å²) in [6.45, 7) is 0. The molecule has 0 bridgehead atoms. The maximum atomic E-state index is 8.52. The van der Waals surface area contributed by atoms with Gasteiger partial charge >= 0.3 is 42.3 Å². The van der Waals surface area contributed by atoms with Crippen molar-refractivity contribution in [3.05, 3.63) is 0 Å². The van der Waals surface area contributed by atoms with Crippen LogP contribution in [0.3, 0.4) is 0 Å². The van der Waals surface area contributed by atoms with Crippen LogP contribution in [-0.2, 0) is 42.6 Å². The maximum absolute atomic E-state index is 8.52. The average molecular weight is 259 g/mol. The molecule has 0 spiro atoms. The third-order valence-electron chi connectivity index (χ3n) is 0. The molecule has 0 fully saturated rings. The summed E-state index contributed by atoms with van der Waals surface area (Å²) in [5.41, 5.74) is 0. The Morgan fingerprint density at radius 3 is 1.25 bits per heavy atom. The number of halogens is 1. The van der Waals surface area contributed by atoms with Gasteiger partial charge in [0.1, 0.15) is 0 Å². The van der Waals surface area contributed by atoms with Crippen LogP contribution in [0.1, 0.15) is 0 Å². The maximum Gasteiger partial charge on any atom is 2.00 e. The molecule has 0 aliphatic rings. The first-order valence-corrected chi connectivity index (χ1v) is 3.41. The van der Waals surface area contributed by atoms with E-state index in [4.69, 9.17) is 17.5 Å². The molecular formula is ClCu2O4S. The molecule has 8 heavy (non-hydrogen) atoms. The van der Waals surface area contributed by atoms with E-state index in [2.05, 4.69) is 25.2 Å². The third kappa shape index (κ3) is 192. The van der Waals surface area contributed by atoms with Crippen molar-refractivity contribution >= 4 is 20.5 Å². The molecule has 0 aromatic heterocycles. The molecule has 0 N–H and O–H groups in total. The average Bonchev–Trinajstić information content (AvgIpc) is 1.36. The van der Waals surface area contributed by atoms with E-state index in [1.807, 2.05) is 0 Å². The van der Waals surface area contributed by atoms with Crippen LogP contribution in [0.5, 0.6) is 0 Å². The van der Waals surface area contributed by atoms with Crippen LogP contribution in [0, 0.1) is 0 Å². The Balaban J connectivity index is -0.0000000750. The summed E-state index contributed by atoms with van der Waals surface area (Å²) in [5.74, 6) is 0. The monoisotopic (exact) mass is 257 g/mol. The van der Waals surface area contributed by atoms with Gasteiger partial charge in [-0.1, -0.05) is 0 Å². The number of hydrogen-bond acceptors (Lipinski definition) is 4. The molecule has 59 valence electrons. The van der Waals surface area contributed by atoms with E-state index < -0.39 is 10.4 Å². The SMILES string of the molecule is O=S(=O)([O-])[O-].[Cl][Cu].[Cu+2]. The molecular weight excluding hydrogens is 259 g/mol. The Bertz CT molecular complexity index is 97.2. The van der Waals surface area contributed by atoms with Crippen LogP contribution in [0.4, 0.5) is 0 Å². The Hall–Kier alpha value is 1.20. The minimum Gasteiger partial charge on any atom is 2.00 e. The smallest absolute Gasteiger partial charge is 2.00 e. The van der Waals surface area contributed by atoms with Crippen LogP contribution < -0.4 is 0 Å². The zero-order valence-electron chi connectivity index (χ0n) is 3.02. The van der Waals surface area contributed by atoms with Gasteiger partial charge in [0, 0.05) is 10.4 Å². The second-order valence-electron chi connectivity index (χ2n) is 0.408. The molecule has 0 aromatic rings. The minimum absolute atomic E-state index is 0. The summed E-state index contributed by atoms with van der Waals surface area (Å²) in [6, 6.07) is 0. The molecule has 0 aliphatic heterocycles. The summed E-state index contributed by atoms with van der Waals surface area (Å²) in [7, 11) is -0.965. The fourth-order valence-corrected chi connectivity index (χ4v) is 0. The Kier molecular flexibility index (Phi) is 16.5. The summed E-state index contributed by atoms with van der Waals surface area (Å²) in [4.78, 5) is 0. The molecule has 4 nitrogen and oxygen atoms in total. The first kappa shape index (κ1) is 16.1. The van der Waals surface area contributed by atoms with Crippen molar-refractivity contribution in [3.8, 4) is 0 Å². The molecule has 0 aliphatic carbocycles. The van der Waals surface area contributed by atoms with Gasteiger partial charge in [-0.25, -0.2) is 0 Å². The molecule has 0 rings (SSSR count). The standard InChI is InChI=1S/ClH.2Cu.H2O4S/c;;;1-5(2,3)4/h1H;;;(H2,1,2,3,4)/q;+1;+2;/p-3. The number of rotatable bonds is 0. The molecule has 0 saturated carbocycles. The summed E-state index contributed by atoms with van der Waals surface area (Å²) >= 11 is 3.66. The van der Waals surface area contributed by atoms with E-state index >= 15 is 0 Å². The molecule has 0 atom stereocenters. The molecule has 0 aromatic carbocycles. The van der Waals surface area contributed by atoms with Gasteiger partial charge in [0.15, 0.2) is 0 Å². The molecule has 1 radical (unpaired) electrons. The first-order chi connectivity index (χ1) is 3.00. The zero-order chi connectivity index (χ0) is 6.50. The van der Waals surface area contributed by atoms with Gasteiger partial charge in [-0.15, -0.1) is 0 Å². The molecule has 0 heterocycles. The van der Waals surface area contributed by atoms with Crippen molar-refractivity contribution in [2.75, 3.05) is 0 Å². The summed E-state index contributed by atoms with van der Waals surface area (Å²) < 4.78 is 34.1. The van der Waals surface area contributed by atoms with E-state index in [9.17, 15) is 0 Å².